The third-order valence-electron chi connectivity index (χ3n) is 1.88. The number of ether oxygens (including phenoxy) is 1. The van der Waals surface area contributed by atoms with E-state index < -0.39 is 11.6 Å². The highest BCUT2D eigenvalue weighted by atomic mass is 19.1. The Morgan fingerprint density at radius 1 is 1.62 bits per heavy atom. The summed E-state index contributed by atoms with van der Waals surface area (Å²) in [4.78, 5) is 0. The maximum atomic E-state index is 13.3. The van der Waals surface area contributed by atoms with Crippen molar-refractivity contribution in [1.82, 2.24) is 0 Å². The summed E-state index contributed by atoms with van der Waals surface area (Å²) in [7, 11) is 1.35. The number of phenolic OH excluding ortho intramolecular Hbond substituents is 1. The number of phenols is 1. The van der Waals surface area contributed by atoms with Crippen LogP contribution >= 0.6 is 0 Å². The molecule has 0 amide bonds. The minimum atomic E-state index is -0.747. The second-order valence-electron chi connectivity index (χ2n) is 2.75. The predicted molar refractivity (Wildman–Crippen MR) is 47.2 cm³/mol. The highest BCUT2D eigenvalue weighted by Gasteiger charge is 2.14. The molecule has 72 valence electrons. The van der Waals surface area contributed by atoms with Crippen molar-refractivity contribution in [3.63, 3.8) is 0 Å². The SMILES string of the molecule is COc1c(C)cc(CN)c(O)c1F. The molecule has 0 unspecified atom stereocenters. The van der Waals surface area contributed by atoms with Gasteiger partial charge in [0, 0.05) is 12.1 Å². The molecule has 0 atom stereocenters. The number of hydrogen-bond acceptors (Lipinski definition) is 3. The second-order valence-corrected chi connectivity index (χ2v) is 2.75. The van der Waals surface area contributed by atoms with Crippen LogP contribution in [-0.4, -0.2) is 12.2 Å². The smallest absolute Gasteiger partial charge is 0.207 e. The van der Waals surface area contributed by atoms with Crippen molar-refractivity contribution in [2.45, 2.75) is 13.5 Å². The van der Waals surface area contributed by atoms with Gasteiger partial charge in [-0.1, -0.05) is 0 Å². The Morgan fingerprint density at radius 3 is 2.69 bits per heavy atom. The maximum Gasteiger partial charge on any atom is 0.207 e. The van der Waals surface area contributed by atoms with Gasteiger partial charge in [-0.2, -0.15) is 4.39 Å². The summed E-state index contributed by atoms with van der Waals surface area (Å²) in [5, 5.41) is 9.30. The van der Waals surface area contributed by atoms with Crippen molar-refractivity contribution in [3.8, 4) is 11.5 Å². The first-order valence-electron chi connectivity index (χ1n) is 3.86. The van der Waals surface area contributed by atoms with Gasteiger partial charge in [0.15, 0.2) is 11.5 Å². The van der Waals surface area contributed by atoms with Gasteiger partial charge in [-0.05, 0) is 18.6 Å². The molecule has 0 aromatic heterocycles. The number of halogens is 1. The molecule has 4 heteroatoms. The van der Waals surface area contributed by atoms with Crippen LogP contribution in [0.4, 0.5) is 4.39 Å². The molecule has 0 fully saturated rings. The molecular weight excluding hydrogens is 173 g/mol. The predicted octanol–water partition coefficient (Wildman–Crippen LogP) is 1.31. The number of nitrogens with two attached hydrogens (primary N) is 1. The first-order chi connectivity index (χ1) is 6.11. The minimum Gasteiger partial charge on any atom is -0.504 e. The number of methoxy groups -OCH3 is 1. The van der Waals surface area contributed by atoms with Crippen molar-refractivity contribution < 1.29 is 14.2 Å². The van der Waals surface area contributed by atoms with E-state index in [0.717, 1.165) is 0 Å². The van der Waals surface area contributed by atoms with Gasteiger partial charge in [-0.15, -0.1) is 0 Å². The summed E-state index contributed by atoms with van der Waals surface area (Å²) < 4.78 is 18.1. The molecule has 0 aliphatic carbocycles. The molecular formula is C9H12FNO2. The number of benzene rings is 1. The lowest BCUT2D eigenvalue weighted by atomic mass is 10.1. The summed E-state index contributed by atoms with van der Waals surface area (Å²) in [6, 6.07) is 1.61. The van der Waals surface area contributed by atoms with E-state index in [1.165, 1.54) is 7.11 Å². The molecule has 0 spiro atoms. The zero-order valence-corrected chi connectivity index (χ0v) is 7.60. The quantitative estimate of drug-likeness (QED) is 0.730. The molecule has 1 aromatic rings. The minimum absolute atomic E-state index is 0.0645. The van der Waals surface area contributed by atoms with E-state index in [9.17, 15) is 9.50 Å². The van der Waals surface area contributed by atoms with Crippen LogP contribution in [0.1, 0.15) is 11.1 Å². The largest absolute Gasteiger partial charge is 0.504 e. The Labute approximate surface area is 75.9 Å². The van der Waals surface area contributed by atoms with Crippen molar-refractivity contribution in [3.05, 3.63) is 23.0 Å². The molecule has 13 heavy (non-hydrogen) atoms. The van der Waals surface area contributed by atoms with E-state index in [1.54, 1.807) is 13.0 Å². The summed E-state index contributed by atoms with van der Waals surface area (Å²) in [5.74, 6) is -1.11. The molecule has 0 saturated heterocycles. The highest BCUT2D eigenvalue weighted by Crippen LogP contribution is 2.32. The van der Waals surface area contributed by atoms with Gasteiger partial charge < -0.3 is 15.6 Å². The van der Waals surface area contributed by atoms with Crippen LogP contribution in [0.25, 0.3) is 0 Å². The Kier molecular flexibility index (Phi) is 2.72. The standard InChI is InChI=1S/C9H12FNO2/c1-5-3-6(4-11)8(12)7(10)9(5)13-2/h3,12H,4,11H2,1-2H3. The topological polar surface area (TPSA) is 55.5 Å². The second kappa shape index (κ2) is 3.62. The number of hydrogen-bond donors (Lipinski definition) is 2. The van der Waals surface area contributed by atoms with Crippen LogP contribution in [0.5, 0.6) is 11.5 Å². The summed E-state index contributed by atoms with van der Waals surface area (Å²) >= 11 is 0. The monoisotopic (exact) mass is 185 g/mol. The average Bonchev–Trinajstić information content (AvgIpc) is 2.12. The number of aromatic hydroxyl groups is 1. The van der Waals surface area contributed by atoms with Crippen LogP contribution < -0.4 is 10.5 Å². The lowest BCUT2D eigenvalue weighted by Gasteiger charge is -2.10. The van der Waals surface area contributed by atoms with E-state index in [1.807, 2.05) is 0 Å². The first kappa shape index (κ1) is 9.80. The van der Waals surface area contributed by atoms with Gasteiger partial charge in [-0.3, -0.25) is 0 Å². The molecule has 0 saturated carbocycles. The first-order valence-corrected chi connectivity index (χ1v) is 3.86. The van der Waals surface area contributed by atoms with E-state index in [4.69, 9.17) is 10.5 Å². The van der Waals surface area contributed by atoms with Crippen LogP contribution in [0.3, 0.4) is 0 Å². The van der Waals surface area contributed by atoms with Gasteiger partial charge >= 0.3 is 0 Å². The Bertz CT molecular complexity index is 326. The van der Waals surface area contributed by atoms with E-state index in [0.29, 0.717) is 11.1 Å². The van der Waals surface area contributed by atoms with E-state index in [-0.39, 0.29) is 12.3 Å². The lowest BCUT2D eigenvalue weighted by molar-refractivity contribution is 0.359. The molecule has 3 nitrogen and oxygen atoms in total. The fourth-order valence-corrected chi connectivity index (χ4v) is 1.22. The molecule has 0 aliphatic heterocycles. The Hall–Kier alpha value is -1.29. The number of rotatable bonds is 2. The normalized spacial score (nSPS) is 10.2. The summed E-state index contributed by atoms with van der Waals surface area (Å²) in [5.41, 5.74) is 6.32. The van der Waals surface area contributed by atoms with Crippen molar-refractivity contribution in [2.75, 3.05) is 7.11 Å². The van der Waals surface area contributed by atoms with Gasteiger partial charge in [0.2, 0.25) is 5.82 Å². The molecule has 0 aliphatic rings. The van der Waals surface area contributed by atoms with Crippen LogP contribution in [0.2, 0.25) is 0 Å². The number of aryl methyl sites for hydroxylation is 1. The fourth-order valence-electron chi connectivity index (χ4n) is 1.22. The maximum absolute atomic E-state index is 13.3. The van der Waals surface area contributed by atoms with Crippen molar-refractivity contribution in [1.29, 1.82) is 0 Å². The van der Waals surface area contributed by atoms with Gasteiger partial charge in [0.25, 0.3) is 0 Å². The van der Waals surface area contributed by atoms with Gasteiger partial charge in [0.1, 0.15) is 0 Å². The molecule has 0 heterocycles. The van der Waals surface area contributed by atoms with Crippen molar-refractivity contribution in [2.24, 2.45) is 5.73 Å². The molecule has 3 N–H and O–H groups in total. The average molecular weight is 185 g/mol. The molecule has 1 aromatic carbocycles. The van der Waals surface area contributed by atoms with E-state index in [2.05, 4.69) is 0 Å². The Balaban J connectivity index is 3.37. The van der Waals surface area contributed by atoms with Gasteiger partial charge in [0.05, 0.1) is 7.11 Å². The molecule has 0 radical (unpaired) electrons. The molecule has 1 rings (SSSR count). The Morgan fingerprint density at radius 2 is 2.23 bits per heavy atom. The third kappa shape index (κ3) is 1.58. The lowest BCUT2D eigenvalue weighted by Crippen LogP contribution is -2.01. The summed E-state index contributed by atoms with van der Waals surface area (Å²) in [6.07, 6.45) is 0. The van der Waals surface area contributed by atoms with Crippen molar-refractivity contribution >= 4 is 0 Å². The fraction of sp³-hybridized carbons (Fsp3) is 0.333. The van der Waals surface area contributed by atoms with Crippen LogP contribution in [0, 0.1) is 12.7 Å². The van der Waals surface area contributed by atoms with E-state index >= 15 is 0 Å². The zero-order valence-electron chi connectivity index (χ0n) is 7.60. The molecule has 0 bridgehead atoms. The van der Waals surface area contributed by atoms with Gasteiger partial charge in [-0.25, -0.2) is 0 Å². The highest BCUT2D eigenvalue weighted by molar-refractivity contribution is 5.46. The summed E-state index contributed by atoms with van der Waals surface area (Å²) in [6.45, 7) is 1.80. The zero-order chi connectivity index (χ0) is 10.0. The third-order valence-corrected chi connectivity index (χ3v) is 1.88. The van der Waals surface area contributed by atoms with Crippen LogP contribution in [0.15, 0.2) is 6.07 Å². The van der Waals surface area contributed by atoms with Crippen LogP contribution in [-0.2, 0) is 6.54 Å².